The first-order chi connectivity index (χ1) is 15.2. The second kappa shape index (κ2) is 10.3. The lowest BCUT2D eigenvalue weighted by Gasteiger charge is -2.30. The van der Waals surface area contributed by atoms with Crippen LogP contribution in [0.15, 0.2) is 36.0 Å². The molecular weight excluding hydrogens is 416 g/mol. The van der Waals surface area contributed by atoms with Crippen LogP contribution in [0.25, 0.3) is 5.69 Å². The summed E-state index contributed by atoms with van der Waals surface area (Å²) in [7, 11) is 0. The van der Waals surface area contributed by atoms with E-state index in [-0.39, 0.29) is 6.09 Å². The van der Waals surface area contributed by atoms with E-state index in [0.717, 1.165) is 47.8 Å². The maximum absolute atomic E-state index is 12.1. The van der Waals surface area contributed by atoms with Crippen molar-refractivity contribution in [3.05, 3.63) is 46.7 Å². The number of thiazole rings is 1. The lowest BCUT2D eigenvalue weighted by Crippen LogP contribution is -2.38. The molecule has 164 valence electrons. The SMILES string of the molecule is CCCCOC(=O)N1CCC(c2nc(COc3ccc(-n4cnnn4)cc3)cs2)CC1. The van der Waals surface area contributed by atoms with E-state index in [1.807, 2.05) is 29.2 Å². The smallest absolute Gasteiger partial charge is 0.409 e. The molecule has 0 N–H and O–H groups in total. The Morgan fingerprint density at radius 1 is 1.23 bits per heavy atom. The Hall–Kier alpha value is -3.01. The van der Waals surface area contributed by atoms with Crippen molar-refractivity contribution in [3.63, 3.8) is 0 Å². The fourth-order valence-electron chi connectivity index (χ4n) is 3.41. The number of nitrogens with zero attached hydrogens (tertiary/aromatic N) is 6. The molecule has 1 fully saturated rings. The lowest BCUT2D eigenvalue weighted by molar-refractivity contribution is 0.0915. The van der Waals surface area contributed by atoms with Crippen LogP contribution in [-0.2, 0) is 11.3 Å². The van der Waals surface area contributed by atoms with Crippen LogP contribution in [0.2, 0.25) is 0 Å². The van der Waals surface area contributed by atoms with Gasteiger partial charge in [0.15, 0.2) is 0 Å². The fourth-order valence-corrected chi connectivity index (χ4v) is 4.39. The maximum atomic E-state index is 12.1. The molecule has 1 saturated heterocycles. The summed E-state index contributed by atoms with van der Waals surface area (Å²) in [5, 5.41) is 14.3. The number of benzene rings is 1. The number of likely N-dealkylation sites (tertiary alicyclic amines) is 1. The number of piperidine rings is 1. The van der Waals surface area contributed by atoms with Crippen LogP contribution in [0.5, 0.6) is 5.75 Å². The number of aromatic nitrogens is 5. The molecule has 0 spiro atoms. The number of hydrogen-bond acceptors (Lipinski definition) is 8. The van der Waals surface area contributed by atoms with Crippen molar-refractivity contribution in [2.24, 2.45) is 0 Å². The Labute approximate surface area is 185 Å². The Balaban J connectivity index is 1.24. The number of unbranched alkanes of at least 4 members (excludes halogenated alkanes) is 1. The first-order valence-corrected chi connectivity index (χ1v) is 11.4. The number of ether oxygens (including phenoxy) is 2. The largest absolute Gasteiger partial charge is 0.487 e. The van der Waals surface area contributed by atoms with Gasteiger partial charge in [-0.15, -0.1) is 16.4 Å². The molecule has 31 heavy (non-hydrogen) atoms. The van der Waals surface area contributed by atoms with Crippen LogP contribution in [0.4, 0.5) is 4.79 Å². The highest BCUT2D eigenvalue weighted by Crippen LogP contribution is 2.31. The van der Waals surface area contributed by atoms with Gasteiger partial charge in [-0.05, 0) is 54.0 Å². The van der Waals surface area contributed by atoms with Crippen molar-refractivity contribution >= 4 is 17.4 Å². The van der Waals surface area contributed by atoms with E-state index in [1.54, 1.807) is 22.3 Å². The molecule has 10 heteroatoms. The molecule has 0 bridgehead atoms. The van der Waals surface area contributed by atoms with Gasteiger partial charge in [0.2, 0.25) is 0 Å². The molecule has 1 aromatic carbocycles. The summed E-state index contributed by atoms with van der Waals surface area (Å²) >= 11 is 1.67. The molecule has 3 heterocycles. The molecule has 0 saturated carbocycles. The quantitative estimate of drug-likeness (QED) is 0.490. The van der Waals surface area contributed by atoms with Gasteiger partial charge in [-0.1, -0.05) is 13.3 Å². The molecule has 9 nitrogen and oxygen atoms in total. The number of tetrazole rings is 1. The molecule has 2 aromatic heterocycles. The molecule has 0 atom stereocenters. The molecule has 0 unspecified atom stereocenters. The summed E-state index contributed by atoms with van der Waals surface area (Å²) in [5.41, 5.74) is 1.79. The Kier molecular flexibility index (Phi) is 7.08. The minimum absolute atomic E-state index is 0.189. The molecule has 1 amide bonds. The zero-order valence-electron chi connectivity index (χ0n) is 17.5. The first-order valence-electron chi connectivity index (χ1n) is 10.5. The van der Waals surface area contributed by atoms with Crippen LogP contribution in [0.3, 0.4) is 0 Å². The van der Waals surface area contributed by atoms with Crippen molar-refractivity contribution in [1.82, 2.24) is 30.1 Å². The Morgan fingerprint density at radius 3 is 2.74 bits per heavy atom. The van der Waals surface area contributed by atoms with Crippen LogP contribution in [-0.4, -0.2) is 55.9 Å². The van der Waals surface area contributed by atoms with Gasteiger partial charge in [0.05, 0.1) is 23.0 Å². The fraction of sp³-hybridized carbons (Fsp3) is 0.476. The van der Waals surface area contributed by atoms with Gasteiger partial charge in [-0.2, -0.15) is 0 Å². The maximum Gasteiger partial charge on any atom is 0.409 e. The minimum Gasteiger partial charge on any atom is -0.487 e. The summed E-state index contributed by atoms with van der Waals surface area (Å²) in [6.07, 6.45) is 5.12. The Bertz CT molecular complexity index is 952. The van der Waals surface area contributed by atoms with Crippen LogP contribution >= 0.6 is 11.3 Å². The van der Waals surface area contributed by atoms with Gasteiger partial charge in [0, 0.05) is 24.4 Å². The monoisotopic (exact) mass is 442 g/mol. The predicted molar refractivity (Wildman–Crippen MR) is 115 cm³/mol. The molecule has 3 aromatic rings. The van der Waals surface area contributed by atoms with E-state index in [2.05, 4.69) is 27.8 Å². The minimum atomic E-state index is -0.189. The highest BCUT2D eigenvalue weighted by atomic mass is 32.1. The van der Waals surface area contributed by atoms with Crippen molar-refractivity contribution < 1.29 is 14.3 Å². The van der Waals surface area contributed by atoms with Crippen LogP contribution in [0.1, 0.15) is 49.2 Å². The summed E-state index contributed by atoms with van der Waals surface area (Å²) in [6.45, 7) is 4.44. The number of amides is 1. The average molecular weight is 443 g/mol. The van der Waals surface area contributed by atoms with Crippen molar-refractivity contribution in [1.29, 1.82) is 0 Å². The Morgan fingerprint density at radius 2 is 2.03 bits per heavy atom. The second-order valence-corrected chi connectivity index (χ2v) is 8.33. The van der Waals surface area contributed by atoms with Crippen molar-refractivity contribution in [2.75, 3.05) is 19.7 Å². The van der Waals surface area contributed by atoms with E-state index in [9.17, 15) is 4.79 Å². The third-order valence-corrected chi connectivity index (χ3v) is 6.29. The molecular formula is C21H26N6O3S. The van der Waals surface area contributed by atoms with Gasteiger partial charge >= 0.3 is 6.09 Å². The number of hydrogen-bond donors (Lipinski definition) is 0. The predicted octanol–water partition coefficient (Wildman–Crippen LogP) is 3.81. The van der Waals surface area contributed by atoms with Gasteiger partial charge in [-0.3, -0.25) is 0 Å². The van der Waals surface area contributed by atoms with Crippen molar-refractivity contribution in [2.45, 2.75) is 45.1 Å². The topological polar surface area (TPSA) is 95.3 Å². The zero-order valence-corrected chi connectivity index (χ0v) is 18.3. The van der Waals surface area contributed by atoms with E-state index in [4.69, 9.17) is 14.5 Å². The van der Waals surface area contributed by atoms with Crippen LogP contribution in [0, 0.1) is 0 Å². The summed E-state index contributed by atoms with van der Waals surface area (Å²) in [4.78, 5) is 18.7. The molecule has 4 rings (SSSR count). The van der Waals surface area contributed by atoms with Gasteiger partial charge in [0.25, 0.3) is 0 Å². The highest BCUT2D eigenvalue weighted by Gasteiger charge is 2.26. The summed E-state index contributed by atoms with van der Waals surface area (Å²) < 4.78 is 12.8. The lowest BCUT2D eigenvalue weighted by atomic mass is 9.98. The number of carbonyl (C=O) groups excluding carboxylic acids is 1. The third kappa shape index (κ3) is 5.57. The normalized spacial score (nSPS) is 14.5. The van der Waals surface area contributed by atoms with Gasteiger partial charge in [-0.25, -0.2) is 14.5 Å². The molecule has 0 radical (unpaired) electrons. The van der Waals surface area contributed by atoms with E-state index in [1.165, 1.54) is 0 Å². The van der Waals surface area contributed by atoms with E-state index < -0.39 is 0 Å². The molecule has 1 aliphatic rings. The van der Waals surface area contributed by atoms with Gasteiger partial charge < -0.3 is 14.4 Å². The molecule has 0 aliphatic carbocycles. The zero-order chi connectivity index (χ0) is 21.5. The standard InChI is InChI=1S/C21H26N6O3S/c1-2-3-12-29-21(28)26-10-8-16(9-11-26)20-23-17(14-31-20)13-30-19-6-4-18(5-7-19)27-15-22-24-25-27/h4-7,14-16H,2-3,8-13H2,1H3. The van der Waals surface area contributed by atoms with E-state index >= 15 is 0 Å². The second-order valence-electron chi connectivity index (χ2n) is 7.44. The highest BCUT2D eigenvalue weighted by molar-refractivity contribution is 7.09. The summed E-state index contributed by atoms with van der Waals surface area (Å²) in [5.74, 6) is 1.15. The molecule has 1 aliphatic heterocycles. The number of rotatable bonds is 8. The first kappa shape index (κ1) is 21.2. The third-order valence-electron chi connectivity index (χ3n) is 5.23. The van der Waals surface area contributed by atoms with Crippen LogP contribution < -0.4 is 4.74 Å². The van der Waals surface area contributed by atoms with Crippen molar-refractivity contribution in [3.8, 4) is 11.4 Å². The van der Waals surface area contributed by atoms with E-state index in [0.29, 0.717) is 32.2 Å². The van der Waals surface area contributed by atoms with Gasteiger partial charge in [0.1, 0.15) is 18.7 Å². The number of carbonyl (C=O) groups is 1. The average Bonchev–Trinajstić information content (AvgIpc) is 3.51. The summed E-state index contributed by atoms with van der Waals surface area (Å²) in [6, 6.07) is 7.58.